The zero-order valence-electron chi connectivity index (χ0n) is 18.2. The van der Waals surface area contributed by atoms with Crippen LogP contribution in [0, 0.1) is 5.82 Å². The Morgan fingerprint density at radius 2 is 1.89 bits per heavy atom. The molecular formula is C23H20F2N6O2S2. The number of aromatic nitrogens is 3. The fourth-order valence-corrected chi connectivity index (χ4v) is 6.11. The lowest BCUT2D eigenvalue weighted by Gasteiger charge is -2.18. The van der Waals surface area contributed by atoms with Crippen molar-refractivity contribution in [1.82, 2.24) is 19.3 Å². The molecule has 8 nitrogen and oxygen atoms in total. The van der Waals surface area contributed by atoms with Gasteiger partial charge in [-0.1, -0.05) is 36.4 Å². The zero-order chi connectivity index (χ0) is 24.6. The van der Waals surface area contributed by atoms with Crippen LogP contribution in [0.15, 0.2) is 60.8 Å². The predicted octanol–water partition coefficient (Wildman–Crippen LogP) is 4.36. The summed E-state index contributed by atoms with van der Waals surface area (Å²) in [5.74, 6) is -0.748. The van der Waals surface area contributed by atoms with E-state index in [4.69, 9.17) is 5.73 Å². The number of anilines is 2. The van der Waals surface area contributed by atoms with Gasteiger partial charge in [-0.05, 0) is 24.6 Å². The largest absolute Gasteiger partial charge is 0.368 e. The standard InChI is InChI=1S/C23H20F2N6O2S2/c24-15-10-12-31(13-15)35(32,33)30-17-8-4-7-16(19(17)25)20-21(18-9-11-27-23(26)28-18)34-22(29-20)14-5-2-1-3-6-14/h1-9,11,15,30H,10,12-13H2,(H2,26,27,28)/t15-/m1/s1. The number of benzene rings is 2. The van der Waals surface area contributed by atoms with Gasteiger partial charge in [0, 0.05) is 30.4 Å². The third-order valence-corrected chi connectivity index (χ3v) is 8.10. The summed E-state index contributed by atoms with van der Waals surface area (Å²) in [6, 6.07) is 15.4. The Morgan fingerprint density at radius 1 is 1.09 bits per heavy atom. The molecule has 1 fully saturated rings. The highest BCUT2D eigenvalue weighted by Crippen LogP contribution is 2.41. The molecule has 0 bridgehead atoms. The average Bonchev–Trinajstić information content (AvgIpc) is 3.48. The van der Waals surface area contributed by atoms with E-state index in [9.17, 15) is 12.8 Å². The van der Waals surface area contributed by atoms with Gasteiger partial charge in [0.2, 0.25) is 5.95 Å². The molecule has 4 aromatic rings. The zero-order valence-corrected chi connectivity index (χ0v) is 19.9. The van der Waals surface area contributed by atoms with E-state index in [2.05, 4.69) is 19.7 Å². The number of nitrogens with two attached hydrogens (primary N) is 1. The maximum absolute atomic E-state index is 15.7. The SMILES string of the molecule is Nc1nccc(-c2sc(-c3ccccc3)nc2-c2cccc(NS(=O)(=O)N3CC[C@@H](F)C3)c2F)n1. The molecular weight excluding hydrogens is 494 g/mol. The fourth-order valence-electron chi connectivity index (χ4n) is 3.78. The Labute approximate surface area is 204 Å². The third-order valence-electron chi connectivity index (χ3n) is 5.48. The van der Waals surface area contributed by atoms with E-state index in [1.807, 2.05) is 30.3 Å². The molecule has 35 heavy (non-hydrogen) atoms. The van der Waals surface area contributed by atoms with E-state index in [0.29, 0.717) is 15.6 Å². The molecule has 1 aliphatic rings. The second-order valence-corrected chi connectivity index (χ2v) is 10.6. The van der Waals surface area contributed by atoms with Crippen molar-refractivity contribution in [2.75, 3.05) is 23.5 Å². The molecule has 2 aromatic carbocycles. The first-order valence-electron chi connectivity index (χ1n) is 10.7. The van der Waals surface area contributed by atoms with Gasteiger partial charge in [0.1, 0.15) is 11.2 Å². The van der Waals surface area contributed by atoms with Gasteiger partial charge >= 0.3 is 10.2 Å². The number of nitrogens with one attached hydrogen (secondary N) is 1. The van der Waals surface area contributed by atoms with Gasteiger partial charge < -0.3 is 5.73 Å². The number of rotatable bonds is 6. The maximum atomic E-state index is 15.7. The van der Waals surface area contributed by atoms with Crippen LogP contribution in [0.5, 0.6) is 0 Å². The van der Waals surface area contributed by atoms with Crippen LogP contribution in [-0.4, -0.2) is 46.9 Å². The van der Waals surface area contributed by atoms with Crippen molar-refractivity contribution in [3.63, 3.8) is 0 Å². The molecule has 0 unspecified atom stereocenters. The molecule has 180 valence electrons. The summed E-state index contributed by atoms with van der Waals surface area (Å²) >= 11 is 1.31. The van der Waals surface area contributed by atoms with Crippen molar-refractivity contribution < 1.29 is 17.2 Å². The number of nitrogens with zero attached hydrogens (tertiary/aromatic N) is 4. The Hall–Kier alpha value is -3.48. The minimum Gasteiger partial charge on any atom is -0.368 e. The van der Waals surface area contributed by atoms with Gasteiger partial charge in [-0.2, -0.15) is 12.7 Å². The lowest BCUT2D eigenvalue weighted by atomic mass is 10.1. The molecule has 0 saturated carbocycles. The topological polar surface area (TPSA) is 114 Å². The van der Waals surface area contributed by atoms with E-state index in [1.165, 1.54) is 35.7 Å². The van der Waals surface area contributed by atoms with Gasteiger partial charge in [0.25, 0.3) is 0 Å². The summed E-state index contributed by atoms with van der Waals surface area (Å²) in [5.41, 5.74) is 7.18. The van der Waals surface area contributed by atoms with Crippen molar-refractivity contribution in [3.05, 3.63) is 66.6 Å². The van der Waals surface area contributed by atoms with Gasteiger partial charge in [-0.15, -0.1) is 11.3 Å². The maximum Gasteiger partial charge on any atom is 0.301 e. The molecule has 2 aromatic heterocycles. The highest BCUT2D eigenvalue weighted by molar-refractivity contribution is 7.90. The lowest BCUT2D eigenvalue weighted by molar-refractivity contribution is 0.343. The highest BCUT2D eigenvalue weighted by Gasteiger charge is 2.32. The van der Waals surface area contributed by atoms with E-state index in [1.54, 1.807) is 6.07 Å². The monoisotopic (exact) mass is 514 g/mol. The quantitative estimate of drug-likeness (QED) is 0.395. The normalized spacial score (nSPS) is 16.5. The predicted molar refractivity (Wildman–Crippen MR) is 132 cm³/mol. The Kier molecular flexibility index (Phi) is 6.17. The molecule has 12 heteroatoms. The molecule has 3 N–H and O–H groups in total. The van der Waals surface area contributed by atoms with Crippen molar-refractivity contribution in [1.29, 1.82) is 0 Å². The number of thiazole rings is 1. The van der Waals surface area contributed by atoms with Crippen LogP contribution in [0.4, 0.5) is 20.4 Å². The van der Waals surface area contributed by atoms with Crippen LogP contribution >= 0.6 is 11.3 Å². The molecule has 1 saturated heterocycles. The minimum atomic E-state index is -4.12. The summed E-state index contributed by atoms with van der Waals surface area (Å²) in [5, 5.41) is 0.629. The Bertz CT molecular complexity index is 1480. The van der Waals surface area contributed by atoms with Crippen LogP contribution in [0.25, 0.3) is 32.4 Å². The van der Waals surface area contributed by atoms with E-state index in [-0.39, 0.29) is 42.4 Å². The summed E-state index contributed by atoms with van der Waals surface area (Å²) < 4.78 is 57.9. The van der Waals surface area contributed by atoms with Crippen LogP contribution in [0.2, 0.25) is 0 Å². The molecule has 0 radical (unpaired) electrons. The minimum absolute atomic E-state index is 0.0314. The summed E-state index contributed by atoms with van der Waals surface area (Å²) in [4.78, 5) is 13.4. The first kappa shape index (κ1) is 23.3. The first-order valence-corrected chi connectivity index (χ1v) is 12.9. The third kappa shape index (κ3) is 4.72. The molecule has 3 heterocycles. The van der Waals surface area contributed by atoms with Crippen molar-refractivity contribution >= 4 is 33.2 Å². The van der Waals surface area contributed by atoms with Crippen LogP contribution in [0.3, 0.4) is 0 Å². The number of alkyl halides is 1. The second kappa shape index (κ2) is 9.29. The molecule has 1 atom stereocenters. The van der Waals surface area contributed by atoms with Gasteiger partial charge in [0.15, 0.2) is 5.82 Å². The summed E-state index contributed by atoms with van der Waals surface area (Å²) in [6.45, 7) is -0.230. The van der Waals surface area contributed by atoms with E-state index < -0.39 is 22.2 Å². The van der Waals surface area contributed by atoms with Crippen molar-refractivity contribution in [2.24, 2.45) is 0 Å². The number of nitrogen functional groups attached to an aromatic ring is 1. The highest BCUT2D eigenvalue weighted by atomic mass is 32.2. The number of halogens is 2. The van der Waals surface area contributed by atoms with Gasteiger partial charge in [-0.25, -0.2) is 23.7 Å². The summed E-state index contributed by atoms with van der Waals surface area (Å²) in [6.07, 6.45) is 0.367. The van der Waals surface area contributed by atoms with Gasteiger partial charge in [0.05, 0.1) is 22.0 Å². The van der Waals surface area contributed by atoms with Crippen molar-refractivity contribution in [3.8, 4) is 32.4 Å². The lowest BCUT2D eigenvalue weighted by Crippen LogP contribution is -2.34. The van der Waals surface area contributed by atoms with Gasteiger partial charge in [-0.3, -0.25) is 4.72 Å². The fraction of sp³-hybridized carbons (Fsp3) is 0.174. The average molecular weight is 515 g/mol. The second-order valence-electron chi connectivity index (χ2n) is 7.88. The Morgan fingerprint density at radius 3 is 2.60 bits per heavy atom. The number of hydrogen-bond donors (Lipinski definition) is 2. The van der Waals surface area contributed by atoms with Crippen LogP contribution < -0.4 is 10.5 Å². The number of hydrogen-bond acceptors (Lipinski definition) is 7. The van der Waals surface area contributed by atoms with Crippen LogP contribution in [-0.2, 0) is 10.2 Å². The molecule has 5 rings (SSSR count). The van der Waals surface area contributed by atoms with E-state index >= 15 is 4.39 Å². The molecule has 0 spiro atoms. The van der Waals surface area contributed by atoms with Crippen LogP contribution in [0.1, 0.15) is 6.42 Å². The van der Waals surface area contributed by atoms with E-state index in [0.717, 1.165) is 9.87 Å². The first-order chi connectivity index (χ1) is 16.8. The van der Waals surface area contributed by atoms with Crippen molar-refractivity contribution in [2.45, 2.75) is 12.6 Å². The molecule has 0 aliphatic carbocycles. The molecule has 0 amide bonds. The summed E-state index contributed by atoms with van der Waals surface area (Å²) in [7, 11) is -4.12. The Balaban J connectivity index is 1.60. The molecule has 1 aliphatic heterocycles. The smallest absolute Gasteiger partial charge is 0.301 e.